The number of para-hydroxylation sites is 2. The van der Waals surface area contributed by atoms with E-state index in [0.29, 0.717) is 11.3 Å². The molecule has 0 bridgehead atoms. The van der Waals surface area contributed by atoms with Crippen molar-refractivity contribution in [1.29, 1.82) is 0 Å². The first kappa shape index (κ1) is 18.2. The minimum absolute atomic E-state index is 0.0540. The molecule has 6 heteroatoms. The number of aromatic hydroxyl groups is 1. The fraction of sp³-hybridized carbons (Fsp3) is 0. The molecule has 142 valence electrons. The molecule has 4 rings (SSSR count). The lowest BCUT2D eigenvalue weighted by molar-refractivity contribution is -0.384. The van der Waals surface area contributed by atoms with Crippen molar-refractivity contribution in [2.24, 2.45) is 0 Å². The Morgan fingerprint density at radius 3 is 2.28 bits per heavy atom. The highest BCUT2D eigenvalue weighted by molar-refractivity contribution is 5.74. The van der Waals surface area contributed by atoms with Crippen molar-refractivity contribution in [1.82, 2.24) is 9.78 Å². The summed E-state index contributed by atoms with van der Waals surface area (Å²) >= 11 is 0. The maximum absolute atomic E-state index is 10.8. The third-order valence-corrected chi connectivity index (χ3v) is 4.47. The number of nitrogens with zero attached hydrogens (tertiary/aromatic N) is 3. The fourth-order valence-corrected chi connectivity index (χ4v) is 3.00. The third-order valence-electron chi connectivity index (χ3n) is 4.47. The van der Waals surface area contributed by atoms with Crippen molar-refractivity contribution in [2.45, 2.75) is 0 Å². The Morgan fingerprint density at radius 1 is 0.897 bits per heavy atom. The number of phenols is 1. The van der Waals surface area contributed by atoms with Gasteiger partial charge in [-0.25, -0.2) is 4.68 Å². The number of hydrogen-bond donors (Lipinski definition) is 1. The van der Waals surface area contributed by atoms with Gasteiger partial charge in [-0.2, -0.15) is 5.10 Å². The molecule has 1 N–H and O–H groups in total. The molecule has 0 radical (unpaired) electrons. The van der Waals surface area contributed by atoms with Crippen LogP contribution in [-0.2, 0) is 0 Å². The van der Waals surface area contributed by atoms with Crippen molar-refractivity contribution < 1.29 is 10.0 Å². The van der Waals surface area contributed by atoms with Crippen LogP contribution < -0.4 is 0 Å². The molecule has 6 nitrogen and oxygen atoms in total. The highest BCUT2D eigenvalue weighted by atomic mass is 16.6. The second kappa shape index (κ2) is 7.82. The summed E-state index contributed by atoms with van der Waals surface area (Å²) in [6.07, 6.45) is 3.76. The Labute approximate surface area is 167 Å². The molecule has 0 amide bonds. The number of rotatable bonds is 5. The summed E-state index contributed by atoms with van der Waals surface area (Å²) in [6, 6.07) is 25.0. The lowest BCUT2D eigenvalue weighted by Crippen LogP contribution is -1.98. The molecular weight excluding hydrogens is 366 g/mol. The van der Waals surface area contributed by atoms with Gasteiger partial charge in [-0.05, 0) is 54.1 Å². The van der Waals surface area contributed by atoms with Gasteiger partial charge in [0.1, 0.15) is 5.75 Å². The zero-order valence-electron chi connectivity index (χ0n) is 15.3. The van der Waals surface area contributed by atoms with E-state index < -0.39 is 4.92 Å². The zero-order chi connectivity index (χ0) is 20.2. The molecule has 1 heterocycles. The van der Waals surface area contributed by atoms with E-state index in [-0.39, 0.29) is 11.4 Å². The number of aromatic nitrogens is 2. The number of nitro benzene ring substituents is 1. The Bertz CT molecular complexity index is 1180. The zero-order valence-corrected chi connectivity index (χ0v) is 15.3. The van der Waals surface area contributed by atoms with Crippen LogP contribution in [0.15, 0.2) is 84.9 Å². The van der Waals surface area contributed by atoms with E-state index in [0.717, 1.165) is 16.9 Å². The summed E-state index contributed by atoms with van der Waals surface area (Å²) in [5, 5.41) is 25.7. The van der Waals surface area contributed by atoms with Crippen LogP contribution in [0.2, 0.25) is 0 Å². The molecule has 0 saturated carbocycles. The van der Waals surface area contributed by atoms with Gasteiger partial charge in [0, 0.05) is 17.7 Å². The molecule has 0 fully saturated rings. The van der Waals surface area contributed by atoms with Crippen molar-refractivity contribution >= 4 is 17.8 Å². The summed E-state index contributed by atoms with van der Waals surface area (Å²) in [4.78, 5) is 10.4. The van der Waals surface area contributed by atoms with Crippen LogP contribution >= 0.6 is 0 Å². The van der Waals surface area contributed by atoms with Crippen molar-refractivity contribution in [3.8, 4) is 22.7 Å². The van der Waals surface area contributed by atoms with Gasteiger partial charge in [0.05, 0.1) is 22.0 Å². The molecule has 0 saturated heterocycles. The molecule has 3 aromatic carbocycles. The quantitative estimate of drug-likeness (QED) is 0.373. The van der Waals surface area contributed by atoms with E-state index in [1.54, 1.807) is 28.9 Å². The lowest BCUT2D eigenvalue weighted by Gasteiger charge is -2.04. The Balaban J connectivity index is 1.75. The van der Waals surface area contributed by atoms with Gasteiger partial charge in [-0.1, -0.05) is 36.4 Å². The van der Waals surface area contributed by atoms with Crippen LogP contribution in [-0.4, -0.2) is 19.8 Å². The number of non-ortho nitro benzene ring substituents is 1. The minimum Gasteiger partial charge on any atom is -0.507 e. The second-order valence-corrected chi connectivity index (χ2v) is 6.40. The molecule has 0 spiro atoms. The maximum atomic E-state index is 10.8. The highest BCUT2D eigenvalue weighted by Gasteiger charge is 2.12. The van der Waals surface area contributed by atoms with Crippen LogP contribution in [0.4, 0.5) is 5.69 Å². The Morgan fingerprint density at radius 2 is 1.59 bits per heavy atom. The van der Waals surface area contributed by atoms with E-state index in [9.17, 15) is 15.2 Å². The number of nitro groups is 1. The Kier molecular flexibility index (Phi) is 4.90. The summed E-state index contributed by atoms with van der Waals surface area (Å²) in [5.41, 5.74) is 3.88. The van der Waals surface area contributed by atoms with Gasteiger partial charge in [0.25, 0.3) is 5.69 Å². The smallest absolute Gasteiger partial charge is 0.269 e. The van der Waals surface area contributed by atoms with Crippen molar-refractivity contribution in [3.05, 3.63) is 106 Å². The first-order valence-electron chi connectivity index (χ1n) is 8.98. The first-order chi connectivity index (χ1) is 14.1. The van der Waals surface area contributed by atoms with Crippen LogP contribution in [0.25, 0.3) is 29.1 Å². The van der Waals surface area contributed by atoms with Crippen LogP contribution in [0.3, 0.4) is 0 Å². The number of hydrogen-bond acceptors (Lipinski definition) is 4. The topological polar surface area (TPSA) is 81.2 Å². The predicted molar refractivity (Wildman–Crippen MR) is 113 cm³/mol. The highest BCUT2D eigenvalue weighted by Crippen LogP contribution is 2.29. The van der Waals surface area contributed by atoms with Crippen molar-refractivity contribution in [2.75, 3.05) is 0 Å². The largest absolute Gasteiger partial charge is 0.507 e. The van der Waals surface area contributed by atoms with Gasteiger partial charge >= 0.3 is 0 Å². The van der Waals surface area contributed by atoms with Crippen LogP contribution in [0, 0.1) is 10.1 Å². The monoisotopic (exact) mass is 383 g/mol. The SMILES string of the molecule is O=[N+]([O-])c1ccc(/C=C/c2cc(-c3ccccc3O)nn2-c2ccccc2)cc1. The minimum atomic E-state index is -0.420. The summed E-state index contributed by atoms with van der Waals surface area (Å²) in [7, 11) is 0. The molecular formula is C23H17N3O3. The Hall–Kier alpha value is -4.19. The molecule has 0 aliphatic rings. The number of benzene rings is 3. The molecule has 0 atom stereocenters. The first-order valence-corrected chi connectivity index (χ1v) is 8.98. The maximum Gasteiger partial charge on any atom is 0.269 e. The van der Waals surface area contributed by atoms with E-state index in [2.05, 4.69) is 5.10 Å². The van der Waals surface area contributed by atoms with E-state index in [4.69, 9.17) is 0 Å². The van der Waals surface area contributed by atoms with E-state index in [1.165, 1.54) is 12.1 Å². The van der Waals surface area contributed by atoms with Gasteiger partial charge in [-0.3, -0.25) is 10.1 Å². The normalized spacial score (nSPS) is 11.0. The molecule has 4 aromatic rings. The van der Waals surface area contributed by atoms with Gasteiger partial charge in [0.2, 0.25) is 0 Å². The van der Waals surface area contributed by atoms with Gasteiger partial charge in [0.15, 0.2) is 0 Å². The third kappa shape index (κ3) is 3.91. The van der Waals surface area contributed by atoms with Gasteiger partial charge < -0.3 is 5.11 Å². The van der Waals surface area contributed by atoms with Gasteiger partial charge in [-0.15, -0.1) is 0 Å². The molecule has 1 aromatic heterocycles. The second-order valence-electron chi connectivity index (χ2n) is 6.40. The lowest BCUT2D eigenvalue weighted by atomic mass is 10.1. The van der Waals surface area contributed by atoms with E-state index in [1.807, 2.05) is 60.7 Å². The fourth-order valence-electron chi connectivity index (χ4n) is 3.00. The molecule has 0 unspecified atom stereocenters. The summed E-state index contributed by atoms with van der Waals surface area (Å²) in [5.74, 6) is 0.163. The number of phenolic OH excluding ortho intramolecular Hbond substituents is 1. The molecule has 29 heavy (non-hydrogen) atoms. The predicted octanol–water partition coefficient (Wildman–Crippen LogP) is 5.32. The standard InChI is InChI=1S/C23H17N3O3/c27-23-9-5-4-8-21(23)22-16-20(25(24-22)18-6-2-1-3-7-18)15-12-17-10-13-19(14-11-17)26(28)29/h1-16,27H/b15-12+. The molecule has 0 aliphatic heterocycles. The van der Waals surface area contributed by atoms with E-state index >= 15 is 0 Å². The molecule has 0 aliphatic carbocycles. The summed E-state index contributed by atoms with van der Waals surface area (Å²) in [6.45, 7) is 0. The average Bonchev–Trinajstić information content (AvgIpc) is 3.17. The van der Waals surface area contributed by atoms with Crippen molar-refractivity contribution in [3.63, 3.8) is 0 Å². The van der Waals surface area contributed by atoms with Crippen LogP contribution in [0.1, 0.15) is 11.3 Å². The average molecular weight is 383 g/mol. The summed E-state index contributed by atoms with van der Waals surface area (Å²) < 4.78 is 1.80. The van der Waals surface area contributed by atoms with Crippen LogP contribution in [0.5, 0.6) is 5.75 Å².